The van der Waals surface area contributed by atoms with Gasteiger partial charge in [-0.2, -0.15) is 13.2 Å². The second-order valence-electron chi connectivity index (χ2n) is 3.41. The molecule has 0 spiro atoms. The molecule has 0 aromatic carbocycles. The summed E-state index contributed by atoms with van der Waals surface area (Å²) >= 11 is 2.28. The highest BCUT2D eigenvalue weighted by Gasteiger charge is 2.30. The summed E-state index contributed by atoms with van der Waals surface area (Å²) in [6, 6.07) is 0.774. The summed E-state index contributed by atoms with van der Waals surface area (Å²) in [5.41, 5.74) is -1.05. The maximum absolute atomic E-state index is 12.4. The first-order chi connectivity index (χ1) is 8.31. The zero-order valence-electron chi connectivity index (χ0n) is 8.98. The number of thioether (sulfide) groups is 1. The fourth-order valence-electron chi connectivity index (χ4n) is 1.43. The lowest BCUT2D eigenvalue weighted by Crippen LogP contribution is -2.27. The van der Waals surface area contributed by atoms with Crippen LogP contribution in [0.15, 0.2) is 15.2 Å². The van der Waals surface area contributed by atoms with Crippen LogP contribution in [0, 0.1) is 0 Å². The SMILES string of the molecule is CSc1nc2c(s1)c(O)cc(=O)n2CC(F)(F)F. The van der Waals surface area contributed by atoms with E-state index in [9.17, 15) is 23.1 Å². The summed E-state index contributed by atoms with van der Waals surface area (Å²) in [5.74, 6) is -0.341. The zero-order chi connectivity index (χ0) is 13.5. The molecule has 18 heavy (non-hydrogen) atoms. The Hall–Kier alpha value is -1.22. The fraction of sp³-hybridized carbons (Fsp3) is 0.333. The van der Waals surface area contributed by atoms with E-state index in [0.29, 0.717) is 8.91 Å². The van der Waals surface area contributed by atoms with Crippen molar-refractivity contribution in [3.63, 3.8) is 0 Å². The lowest BCUT2D eigenvalue weighted by atomic mass is 10.4. The number of hydrogen-bond acceptors (Lipinski definition) is 5. The first-order valence-corrected chi connectivity index (χ1v) is 6.70. The van der Waals surface area contributed by atoms with E-state index in [0.717, 1.165) is 17.4 Å². The third-order valence-electron chi connectivity index (χ3n) is 2.12. The predicted molar refractivity (Wildman–Crippen MR) is 63.4 cm³/mol. The molecule has 2 aromatic heterocycles. The molecular formula is C9H7F3N2O2S2. The van der Waals surface area contributed by atoms with Crippen LogP contribution in [0.4, 0.5) is 13.2 Å². The minimum atomic E-state index is -4.52. The Morgan fingerprint density at radius 3 is 2.78 bits per heavy atom. The summed E-state index contributed by atoms with van der Waals surface area (Å²) < 4.78 is 38.4. The van der Waals surface area contributed by atoms with Crippen molar-refractivity contribution in [2.75, 3.05) is 6.26 Å². The van der Waals surface area contributed by atoms with Crippen LogP contribution >= 0.6 is 23.1 Å². The molecule has 0 aliphatic rings. The predicted octanol–water partition coefficient (Wildman–Crippen LogP) is 2.45. The van der Waals surface area contributed by atoms with E-state index < -0.39 is 18.3 Å². The highest BCUT2D eigenvalue weighted by atomic mass is 32.2. The van der Waals surface area contributed by atoms with Crippen LogP contribution in [0.1, 0.15) is 0 Å². The minimum absolute atomic E-state index is 0.133. The number of nitrogens with zero attached hydrogens (tertiary/aromatic N) is 2. The second-order valence-corrected chi connectivity index (χ2v) is 5.46. The van der Waals surface area contributed by atoms with Crippen molar-refractivity contribution < 1.29 is 18.3 Å². The molecule has 2 heterocycles. The third kappa shape index (κ3) is 2.46. The second kappa shape index (κ2) is 4.47. The molecule has 0 radical (unpaired) electrons. The van der Waals surface area contributed by atoms with Gasteiger partial charge in [-0.3, -0.25) is 9.36 Å². The molecule has 0 unspecified atom stereocenters. The summed E-state index contributed by atoms with van der Waals surface area (Å²) in [5, 5.41) is 9.55. The van der Waals surface area contributed by atoms with Gasteiger partial charge >= 0.3 is 6.18 Å². The molecule has 98 valence electrons. The molecule has 2 rings (SSSR count). The van der Waals surface area contributed by atoms with E-state index in [1.165, 1.54) is 11.8 Å². The van der Waals surface area contributed by atoms with Gasteiger partial charge in [-0.25, -0.2) is 4.98 Å². The van der Waals surface area contributed by atoms with E-state index in [1.54, 1.807) is 6.26 Å². The number of fused-ring (bicyclic) bond motifs is 1. The number of aromatic hydroxyl groups is 1. The lowest BCUT2D eigenvalue weighted by Gasteiger charge is -2.09. The smallest absolute Gasteiger partial charge is 0.406 e. The number of alkyl halides is 3. The monoisotopic (exact) mass is 296 g/mol. The summed E-state index contributed by atoms with van der Waals surface area (Å²) in [6.07, 6.45) is -2.81. The van der Waals surface area contributed by atoms with Crippen LogP contribution in [-0.4, -0.2) is 27.1 Å². The van der Waals surface area contributed by atoms with Crippen LogP contribution < -0.4 is 5.56 Å². The first kappa shape index (κ1) is 13.2. The normalized spacial score (nSPS) is 12.2. The average molecular weight is 296 g/mol. The van der Waals surface area contributed by atoms with Gasteiger partial charge in [0.15, 0.2) is 9.99 Å². The van der Waals surface area contributed by atoms with E-state index in [4.69, 9.17) is 0 Å². The maximum Gasteiger partial charge on any atom is 0.406 e. The zero-order valence-corrected chi connectivity index (χ0v) is 10.6. The number of aromatic nitrogens is 2. The maximum atomic E-state index is 12.4. The summed E-state index contributed by atoms with van der Waals surface area (Å²) in [6.45, 7) is -1.42. The average Bonchev–Trinajstić information content (AvgIpc) is 2.67. The molecule has 9 heteroatoms. The topological polar surface area (TPSA) is 55.1 Å². The minimum Gasteiger partial charge on any atom is -0.506 e. The van der Waals surface area contributed by atoms with Gasteiger partial charge in [-0.05, 0) is 6.26 Å². The standard InChI is InChI=1S/C9H7F3N2O2S2/c1-17-8-13-7-6(18-8)4(15)2-5(16)14(7)3-9(10,11)12/h2,15H,3H2,1H3. The van der Waals surface area contributed by atoms with Gasteiger partial charge < -0.3 is 5.11 Å². The van der Waals surface area contributed by atoms with Crippen molar-refractivity contribution in [3.05, 3.63) is 16.4 Å². The van der Waals surface area contributed by atoms with Gasteiger partial charge in [0.1, 0.15) is 17.0 Å². The molecule has 4 nitrogen and oxygen atoms in total. The van der Waals surface area contributed by atoms with Crippen LogP contribution in [0.25, 0.3) is 10.3 Å². The number of hydrogen-bond donors (Lipinski definition) is 1. The van der Waals surface area contributed by atoms with Crippen LogP contribution in [0.2, 0.25) is 0 Å². The molecule has 2 aromatic rings. The Labute approximate surface area is 107 Å². The number of rotatable bonds is 2. The van der Waals surface area contributed by atoms with E-state index in [1.807, 2.05) is 0 Å². The molecule has 0 saturated carbocycles. The fourth-order valence-corrected chi connectivity index (χ4v) is 2.91. The van der Waals surface area contributed by atoms with Gasteiger partial charge in [-0.15, -0.1) is 11.3 Å². The molecule has 0 atom stereocenters. The Kier molecular flexibility index (Phi) is 3.28. The Bertz CT molecular complexity index is 648. The Morgan fingerprint density at radius 1 is 1.56 bits per heavy atom. The summed E-state index contributed by atoms with van der Waals surface area (Å²) in [7, 11) is 0. The molecule has 0 saturated heterocycles. The molecule has 0 bridgehead atoms. The lowest BCUT2D eigenvalue weighted by molar-refractivity contribution is -0.140. The summed E-state index contributed by atoms with van der Waals surface area (Å²) in [4.78, 5) is 15.4. The molecular weight excluding hydrogens is 289 g/mol. The van der Waals surface area contributed by atoms with Crippen molar-refractivity contribution in [2.24, 2.45) is 0 Å². The number of thiazole rings is 1. The van der Waals surface area contributed by atoms with Crippen LogP contribution in [0.3, 0.4) is 0 Å². The highest BCUT2D eigenvalue weighted by Crippen LogP contribution is 2.33. The number of pyridine rings is 1. The molecule has 0 aliphatic carbocycles. The molecule has 0 aliphatic heterocycles. The molecule has 1 N–H and O–H groups in total. The van der Waals surface area contributed by atoms with Gasteiger partial charge in [-0.1, -0.05) is 11.8 Å². The van der Waals surface area contributed by atoms with Crippen LogP contribution in [0.5, 0.6) is 5.75 Å². The van der Waals surface area contributed by atoms with Crippen molar-refractivity contribution in [1.29, 1.82) is 0 Å². The van der Waals surface area contributed by atoms with E-state index in [-0.39, 0.29) is 16.1 Å². The largest absolute Gasteiger partial charge is 0.506 e. The van der Waals surface area contributed by atoms with Gasteiger partial charge in [0.05, 0.1) is 0 Å². The number of halogens is 3. The highest BCUT2D eigenvalue weighted by molar-refractivity contribution is 8.00. The van der Waals surface area contributed by atoms with Gasteiger partial charge in [0.2, 0.25) is 0 Å². The van der Waals surface area contributed by atoms with Crippen molar-refractivity contribution in [2.45, 2.75) is 17.1 Å². The molecule has 0 amide bonds. The van der Waals surface area contributed by atoms with Crippen LogP contribution in [-0.2, 0) is 6.54 Å². The molecule has 0 fully saturated rings. The first-order valence-electron chi connectivity index (χ1n) is 4.66. The van der Waals surface area contributed by atoms with Crippen molar-refractivity contribution in [1.82, 2.24) is 9.55 Å². The van der Waals surface area contributed by atoms with E-state index in [2.05, 4.69) is 4.98 Å². The van der Waals surface area contributed by atoms with Gasteiger partial charge in [0.25, 0.3) is 5.56 Å². The Balaban J connectivity index is 2.71. The third-order valence-corrected chi connectivity index (χ3v) is 4.17. The van der Waals surface area contributed by atoms with E-state index >= 15 is 0 Å². The van der Waals surface area contributed by atoms with Crippen molar-refractivity contribution >= 4 is 33.4 Å². The van der Waals surface area contributed by atoms with Crippen molar-refractivity contribution in [3.8, 4) is 5.75 Å². The quantitative estimate of drug-likeness (QED) is 0.865. The Morgan fingerprint density at radius 2 is 2.22 bits per heavy atom. The van der Waals surface area contributed by atoms with Gasteiger partial charge in [0, 0.05) is 6.07 Å².